The fraction of sp³-hybridized carbons (Fsp3) is 0.500. The zero-order chi connectivity index (χ0) is 18.4. The molecule has 1 saturated heterocycles. The van der Waals surface area contributed by atoms with Gasteiger partial charge in [-0.25, -0.2) is 4.98 Å². The van der Waals surface area contributed by atoms with Gasteiger partial charge in [-0.15, -0.1) is 0 Å². The first-order chi connectivity index (χ1) is 12.6. The van der Waals surface area contributed by atoms with E-state index in [1.54, 1.807) is 7.11 Å². The maximum atomic E-state index is 5.74. The van der Waals surface area contributed by atoms with Gasteiger partial charge in [-0.2, -0.15) is 4.98 Å². The second kappa shape index (κ2) is 8.74. The summed E-state index contributed by atoms with van der Waals surface area (Å²) < 4.78 is 10.9. The maximum Gasteiger partial charge on any atom is 0.227 e. The summed E-state index contributed by atoms with van der Waals surface area (Å²) in [6, 6.07) is 9.57. The van der Waals surface area contributed by atoms with Crippen LogP contribution >= 0.6 is 0 Å². The lowest BCUT2D eigenvalue weighted by atomic mass is 10.00. The minimum absolute atomic E-state index is 0.561. The zero-order valence-electron chi connectivity index (χ0n) is 15.9. The van der Waals surface area contributed by atoms with E-state index in [1.165, 1.54) is 12.8 Å². The monoisotopic (exact) mass is 356 g/mol. The number of anilines is 2. The van der Waals surface area contributed by atoms with Gasteiger partial charge in [-0.05, 0) is 49.9 Å². The highest BCUT2D eigenvalue weighted by atomic mass is 16.5. The van der Waals surface area contributed by atoms with Crippen molar-refractivity contribution in [2.75, 3.05) is 43.6 Å². The van der Waals surface area contributed by atoms with Crippen LogP contribution < -0.4 is 19.7 Å². The molecule has 0 spiro atoms. The molecule has 3 rings (SSSR count). The number of methoxy groups -OCH3 is 1. The van der Waals surface area contributed by atoms with E-state index in [1.807, 2.05) is 37.3 Å². The lowest BCUT2D eigenvalue weighted by Crippen LogP contribution is -2.34. The van der Waals surface area contributed by atoms with Crippen LogP contribution in [0.4, 0.5) is 11.8 Å². The number of nitrogens with one attached hydrogen (secondary N) is 1. The summed E-state index contributed by atoms with van der Waals surface area (Å²) >= 11 is 0. The Balaban J connectivity index is 1.51. The molecule has 26 heavy (non-hydrogen) atoms. The van der Waals surface area contributed by atoms with Crippen LogP contribution in [0.3, 0.4) is 0 Å². The molecule has 1 fully saturated rings. The number of benzene rings is 1. The third-order valence-electron chi connectivity index (χ3n) is 4.65. The maximum absolute atomic E-state index is 5.74. The highest BCUT2D eigenvalue weighted by Crippen LogP contribution is 2.21. The van der Waals surface area contributed by atoms with Crippen molar-refractivity contribution in [1.29, 1.82) is 0 Å². The Hall–Kier alpha value is -2.50. The van der Waals surface area contributed by atoms with Crippen molar-refractivity contribution in [2.45, 2.75) is 26.7 Å². The van der Waals surface area contributed by atoms with E-state index < -0.39 is 0 Å². The Labute approximate surface area is 155 Å². The number of rotatable bonds is 7. The van der Waals surface area contributed by atoms with Crippen molar-refractivity contribution >= 4 is 11.8 Å². The molecular weight excluding hydrogens is 328 g/mol. The number of aromatic nitrogens is 2. The molecule has 1 aliphatic rings. The second-order valence-electron chi connectivity index (χ2n) is 6.81. The molecule has 140 valence electrons. The molecule has 6 heteroatoms. The van der Waals surface area contributed by atoms with Crippen molar-refractivity contribution in [3.63, 3.8) is 0 Å². The SMILES string of the molecule is COc1ccc(OCCNc2cc(C)nc(N3CCC(C)CC3)n2)cc1. The van der Waals surface area contributed by atoms with Gasteiger partial charge in [0.05, 0.1) is 13.7 Å². The van der Waals surface area contributed by atoms with Crippen molar-refractivity contribution in [2.24, 2.45) is 5.92 Å². The number of ether oxygens (including phenoxy) is 2. The van der Waals surface area contributed by atoms with Crippen molar-refractivity contribution in [3.05, 3.63) is 36.0 Å². The van der Waals surface area contributed by atoms with Gasteiger partial charge in [0.15, 0.2) is 0 Å². The van der Waals surface area contributed by atoms with E-state index in [4.69, 9.17) is 9.47 Å². The van der Waals surface area contributed by atoms with Crippen LogP contribution in [-0.4, -0.2) is 43.3 Å². The fourth-order valence-electron chi connectivity index (χ4n) is 3.01. The largest absolute Gasteiger partial charge is 0.497 e. The zero-order valence-corrected chi connectivity index (χ0v) is 15.9. The van der Waals surface area contributed by atoms with Crippen LogP contribution in [-0.2, 0) is 0 Å². The van der Waals surface area contributed by atoms with Crippen LogP contribution in [0.5, 0.6) is 11.5 Å². The Morgan fingerprint density at radius 1 is 1.12 bits per heavy atom. The summed E-state index contributed by atoms with van der Waals surface area (Å²) in [4.78, 5) is 11.6. The second-order valence-corrected chi connectivity index (χ2v) is 6.81. The molecule has 0 saturated carbocycles. The molecule has 2 aromatic rings. The lowest BCUT2D eigenvalue weighted by Gasteiger charge is -2.30. The third-order valence-corrected chi connectivity index (χ3v) is 4.65. The molecule has 0 amide bonds. The molecule has 1 aliphatic heterocycles. The van der Waals surface area contributed by atoms with Gasteiger partial charge in [0.2, 0.25) is 5.95 Å². The van der Waals surface area contributed by atoms with E-state index in [0.717, 1.165) is 48.0 Å². The van der Waals surface area contributed by atoms with Gasteiger partial charge in [-0.3, -0.25) is 0 Å². The molecule has 1 N–H and O–H groups in total. The lowest BCUT2D eigenvalue weighted by molar-refractivity contribution is 0.331. The molecule has 1 aromatic heterocycles. The van der Waals surface area contributed by atoms with Crippen LogP contribution in [0.2, 0.25) is 0 Å². The van der Waals surface area contributed by atoms with Gasteiger partial charge >= 0.3 is 0 Å². The van der Waals surface area contributed by atoms with Gasteiger partial charge in [-0.1, -0.05) is 6.92 Å². The summed E-state index contributed by atoms with van der Waals surface area (Å²) in [5.74, 6) is 4.13. The van der Waals surface area contributed by atoms with E-state index >= 15 is 0 Å². The minimum Gasteiger partial charge on any atom is -0.497 e. The first-order valence-electron chi connectivity index (χ1n) is 9.25. The van der Waals surface area contributed by atoms with Crippen LogP contribution in [0.1, 0.15) is 25.5 Å². The molecule has 2 heterocycles. The van der Waals surface area contributed by atoms with Crippen LogP contribution in [0.25, 0.3) is 0 Å². The Morgan fingerprint density at radius 3 is 2.50 bits per heavy atom. The first kappa shape index (κ1) is 18.3. The van der Waals surface area contributed by atoms with Crippen LogP contribution in [0.15, 0.2) is 30.3 Å². The average Bonchev–Trinajstić information content (AvgIpc) is 2.66. The number of hydrogen-bond donors (Lipinski definition) is 1. The van der Waals surface area contributed by atoms with Crippen molar-refractivity contribution in [3.8, 4) is 11.5 Å². The van der Waals surface area contributed by atoms with Gasteiger partial charge in [0, 0.05) is 24.8 Å². The summed E-state index contributed by atoms with van der Waals surface area (Å²) in [6.07, 6.45) is 2.41. The molecule has 0 radical (unpaired) electrons. The smallest absolute Gasteiger partial charge is 0.227 e. The minimum atomic E-state index is 0.561. The average molecular weight is 356 g/mol. The third kappa shape index (κ3) is 5.00. The van der Waals surface area contributed by atoms with Gasteiger partial charge < -0.3 is 19.7 Å². The van der Waals surface area contributed by atoms with Crippen molar-refractivity contribution in [1.82, 2.24) is 9.97 Å². The predicted molar refractivity (Wildman–Crippen MR) is 104 cm³/mol. The molecule has 0 unspecified atom stereocenters. The van der Waals surface area contributed by atoms with E-state index in [2.05, 4.69) is 27.1 Å². The number of piperidine rings is 1. The fourth-order valence-corrected chi connectivity index (χ4v) is 3.01. The van der Waals surface area contributed by atoms with E-state index in [0.29, 0.717) is 13.2 Å². The Morgan fingerprint density at radius 2 is 1.81 bits per heavy atom. The van der Waals surface area contributed by atoms with Gasteiger partial charge in [0.25, 0.3) is 0 Å². The van der Waals surface area contributed by atoms with Gasteiger partial charge in [0.1, 0.15) is 23.9 Å². The van der Waals surface area contributed by atoms with E-state index in [9.17, 15) is 0 Å². The quantitative estimate of drug-likeness (QED) is 0.766. The topological polar surface area (TPSA) is 59.5 Å². The molecule has 0 aliphatic carbocycles. The standard InChI is InChI=1S/C20H28N4O2/c1-15-8-11-24(12-9-15)20-22-16(2)14-19(23-20)21-10-13-26-18-6-4-17(25-3)5-7-18/h4-7,14-15H,8-13H2,1-3H3,(H,21,22,23). The molecule has 1 aromatic carbocycles. The summed E-state index contributed by atoms with van der Waals surface area (Å²) in [5, 5.41) is 3.34. The summed E-state index contributed by atoms with van der Waals surface area (Å²) in [7, 11) is 1.65. The van der Waals surface area contributed by atoms with Crippen molar-refractivity contribution < 1.29 is 9.47 Å². The molecule has 0 bridgehead atoms. The number of nitrogens with zero attached hydrogens (tertiary/aromatic N) is 3. The number of hydrogen-bond acceptors (Lipinski definition) is 6. The highest BCUT2D eigenvalue weighted by Gasteiger charge is 2.18. The first-order valence-corrected chi connectivity index (χ1v) is 9.25. The summed E-state index contributed by atoms with van der Waals surface area (Å²) in [5.41, 5.74) is 0.979. The normalized spacial score (nSPS) is 15.0. The molecule has 6 nitrogen and oxygen atoms in total. The van der Waals surface area contributed by atoms with Crippen LogP contribution in [0, 0.1) is 12.8 Å². The predicted octanol–water partition coefficient (Wildman–Crippen LogP) is 3.52. The summed E-state index contributed by atoms with van der Waals surface area (Å²) in [6.45, 7) is 7.63. The Kier molecular flexibility index (Phi) is 6.15. The Bertz CT molecular complexity index is 697. The molecule has 0 atom stereocenters. The van der Waals surface area contributed by atoms with E-state index in [-0.39, 0.29) is 0 Å². The molecular formula is C20H28N4O2. The number of aryl methyl sites for hydroxylation is 1. The highest BCUT2D eigenvalue weighted by molar-refractivity contribution is 5.44.